The average Bonchev–Trinajstić information content (AvgIpc) is 2.82. The number of aliphatic carboxylic acids is 1. The third kappa shape index (κ3) is 2.07. The molecule has 0 amide bonds. The van der Waals surface area contributed by atoms with E-state index in [0.29, 0.717) is 13.0 Å². The fraction of sp³-hybridized carbons (Fsp3) is 0.286. The Balaban J connectivity index is 1.99. The lowest BCUT2D eigenvalue weighted by Crippen LogP contribution is -2.26. The average molecular weight is 258 g/mol. The highest BCUT2D eigenvalue weighted by Crippen LogP contribution is 2.28. The molecule has 2 heterocycles. The van der Waals surface area contributed by atoms with E-state index in [1.165, 1.54) is 0 Å². The van der Waals surface area contributed by atoms with Crippen LogP contribution in [0.3, 0.4) is 0 Å². The first-order chi connectivity index (χ1) is 9.15. The lowest BCUT2D eigenvalue weighted by molar-refractivity contribution is -0.142. The second kappa shape index (κ2) is 4.42. The molecule has 1 aromatic heterocycles. The number of benzene rings is 1. The van der Waals surface area contributed by atoms with Gasteiger partial charge in [-0.25, -0.2) is 4.98 Å². The SMILES string of the molecule is O=C(O)C1CCc2cnc(-c3ccc(O)cc3)n2C1. The lowest BCUT2D eigenvalue weighted by atomic mass is 9.98. The van der Waals surface area contributed by atoms with Crippen molar-refractivity contribution in [2.45, 2.75) is 19.4 Å². The van der Waals surface area contributed by atoms with Crippen LogP contribution in [0.1, 0.15) is 12.1 Å². The minimum Gasteiger partial charge on any atom is -0.508 e. The number of nitrogens with zero attached hydrogens (tertiary/aromatic N) is 2. The minimum atomic E-state index is -0.754. The van der Waals surface area contributed by atoms with Crippen LogP contribution in [-0.4, -0.2) is 25.7 Å². The molecule has 1 aliphatic rings. The Morgan fingerprint density at radius 2 is 2.05 bits per heavy atom. The number of rotatable bonds is 2. The zero-order valence-corrected chi connectivity index (χ0v) is 10.3. The summed E-state index contributed by atoms with van der Waals surface area (Å²) < 4.78 is 1.97. The summed E-state index contributed by atoms with van der Waals surface area (Å²) in [5, 5.41) is 18.4. The second-order valence-corrected chi connectivity index (χ2v) is 4.80. The first-order valence-electron chi connectivity index (χ1n) is 6.22. The molecular formula is C14H14N2O3. The minimum absolute atomic E-state index is 0.206. The van der Waals surface area contributed by atoms with Crippen LogP contribution in [0.2, 0.25) is 0 Å². The smallest absolute Gasteiger partial charge is 0.308 e. The van der Waals surface area contributed by atoms with Crippen LogP contribution in [-0.2, 0) is 17.8 Å². The van der Waals surface area contributed by atoms with Crippen LogP contribution in [0.25, 0.3) is 11.4 Å². The summed E-state index contributed by atoms with van der Waals surface area (Å²) in [4.78, 5) is 15.5. The van der Waals surface area contributed by atoms with Crippen molar-refractivity contribution in [3.05, 3.63) is 36.2 Å². The van der Waals surface area contributed by atoms with Gasteiger partial charge in [0.05, 0.1) is 5.92 Å². The lowest BCUT2D eigenvalue weighted by Gasteiger charge is -2.22. The number of hydrogen-bond acceptors (Lipinski definition) is 3. The van der Waals surface area contributed by atoms with Crippen LogP contribution in [0.4, 0.5) is 0 Å². The van der Waals surface area contributed by atoms with E-state index in [9.17, 15) is 9.90 Å². The molecule has 1 aromatic carbocycles. The zero-order valence-electron chi connectivity index (χ0n) is 10.3. The number of hydrogen-bond donors (Lipinski definition) is 2. The summed E-state index contributed by atoms with van der Waals surface area (Å²) in [6, 6.07) is 6.79. The highest BCUT2D eigenvalue weighted by atomic mass is 16.4. The fourth-order valence-corrected chi connectivity index (χ4v) is 2.49. The third-order valence-corrected chi connectivity index (χ3v) is 3.56. The number of carbonyl (C=O) groups is 1. The van der Waals surface area contributed by atoms with Crippen LogP contribution >= 0.6 is 0 Å². The van der Waals surface area contributed by atoms with Gasteiger partial charge in [0.2, 0.25) is 0 Å². The number of aromatic hydroxyl groups is 1. The molecule has 1 atom stereocenters. The third-order valence-electron chi connectivity index (χ3n) is 3.56. The molecule has 1 unspecified atom stereocenters. The van der Waals surface area contributed by atoms with Crippen molar-refractivity contribution in [2.24, 2.45) is 5.92 Å². The predicted molar refractivity (Wildman–Crippen MR) is 68.8 cm³/mol. The van der Waals surface area contributed by atoms with Crippen LogP contribution < -0.4 is 0 Å². The molecule has 2 aromatic rings. The zero-order chi connectivity index (χ0) is 13.4. The molecule has 98 valence electrons. The molecule has 0 aliphatic carbocycles. The molecule has 0 spiro atoms. The number of carboxylic acid groups (broad SMARTS) is 1. The molecule has 0 radical (unpaired) electrons. The summed E-state index contributed by atoms with van der Waals surface area (Å²) >= 11 is 0. The molecule has 3 rings (SSSR count). The van der Waals surface area contributed by atoms with Crippen LogP contribution in [0.15, 0.2) is 30.5 Å². The van der Waals surface area contributed by atoms with Crippen molar-refractivity contribution < 1.29 is 15.0 Å². The van der Waals surface area contributed by atoms with Gasteiger partial charge in [-0.3, -0.25) is 4.79 Å². The Morgan fingerprint density at radius 3 is 2.74 bits per heavy atom. The van der Waals surface area contributed by atoms with Gasteiger partial charge in [0.15, 0.2) is 0 Å². The van der Waals surface area contributed by atoms with Crippen molar-refractivity contribution in [3.8, 4) is 17.1 Å². The second-order valence-electron chi connectivity index (χ2n) is 4.80. The van der Waals surface area contributed by atoms with Gasteiger partial charge in [0.1, 0.15) is 11.6 Å². The highest BCUT2D eigenvalue weighted by Gasteiger charge is 2.26. The van der Waals surface area contributed by atoms with Gasteiger partial charge in [0.25, 0.3) is 0 Å². The Kier molecular flexibility index (Phi) is 2.74. The van der Waals surface area contributed by atoms with Gasteiger partial charge in [-0.2, -0.15) is 0 Å². The van der Waals surface area contributed by atoms with Crippen molar-refractivity contribution in [3.63, 3.8) is 0 Å². The Hall–Kier alpha value is -2.30. The van der Waals surface area contributed by atoms with Gasteiger partial charge in [-0.05, 0) is 37.1 Å². The molecule has 2 N–H and O–H groups in total. The van der Waals surface area contributed by atoms with Crippen LogP contribution in [0.5, 0.6) is 5.75 Å². The van der Waals surface area contributed by atoms with E-state index in [0.717, 1.165) is 23.5 Å². The summed E-state index contributed by atoms with van der Waals surface area (Å²) in [5.74, 6) is -0.132. The first-order valence-corrected chi connectivity index (χ1v) is 6.22. The van der Waals surface area contributed by atoms with E-state index in [1.54, 1.807) is 30.5 Å². The number of phenols is 1. The van der Waals surface area contributed by atoms with Gasteiger partial charge in [0, 0.05) is 24.0 Å². The van der Waals surface area contributed by atoms with Gasteiger partial charge >= 0.3 is 5.97 Å². The largest absolute Gasteiger partial charge is 0.508 e. The Morgan fingerprint density at radius 1 is 1.32 bits per heavy atom. The van der Waals surface area contributed by atoms with E-state index in [2.05, 4.69) is 4.98 Å². The number of aryl methyl sites for hydroxylation is 1. The van der Waals surface area contributed by atoms with Gasteiger partial charge < -0.3 is 14.8 Å². The standard InChI is InChI=1S/C14H14N2O3/c17-12-5-2-9(3-6-12)13-15-7-11-4-1-10(14(18)19)8-16(11)13/h2-3,5-7,10,17H,1,4,8H2,(H,18,19). The topological polar surface area (TPSA) is 75.3 Å². The Labute approximate surface area is 110 Å². The highest BCUT2D eigenvalue weighted by molar-refractivity contribution is 5.70. The number of aromatic nitrogens is 2. The predicted octanol–water partition coefficient (Wildman–Crippen LogP) is 1.90. The molecule has 0 saturated heterocycles. The summed E-state index contributed by atoms with van der Waals surface area (Å²) in [7, 11) is 0. The maximum atomic E-state index is 11.1. The first kappa shape index (κ1) is 11.8. The summed E-state index contributed by atoms with van der Waals surface area (Å²) in [5.41, 5.74) is 1.95. The fourth-order valence-electron chi connectivity index (χ4n) is 2.49. The van der Waals surface area contributed by atoms with E-state index < -0.39 is 5.97 Å². The number of fused-ring (bicyclic) bond motifs is 1. The van der Waals surface area contributed by atoms with E-state index in [1.807, 2.05) is 4.57 Å². The molecule has 0 saturated carbocycles. The molecule has 1 aliphatic heterocycles. The summed E-state index contributed by atoms with van der Waals surface area (Å²) in [6.07, 6.45) is 3.21. The number of phenolic OH excluding ortho intramolecular Hbond substituents is 1. The maximum absolute atomic E-state index is 11.1. The summed E-state index contributed by atoms with van der Waals surface area (Å²) in [6.45, 7) is 0.459. The van der Waals surface area contributed by atoms with E-state index >= 15 is 0 Å². The molecule has 5 heteroatoms. The van der Waals surface area contributed by atoms with Gasteiger partial charge in [-0.1, -0.05) is 0 Å². The van der Waals surface area contributed by atoms with Crippen molar-refractivity contribution in [1.82, 2.24) is 9.55 Å². The quantitative estimate of drug-likeness (QED) is 0.862. The molecule has 5 nitrogen and oxygen atoms in total. The van der Waals surface area contributed by atoms with E-state index in [-0.39, 0.29) is 11.7 Å². The van der Waals surface area contributed by atoms with E-state index in [4.69, 9.17) is 5.11 Å². The van der Waals surface area contributed by atoms with Gasteiger partial charge in [-0.15, -0.1) is 0 Å². The van der Waals surface area contributed by atoms with Crippen molar-refractivity contribution in [1.29, 1.82) is 0 Å². The van der Waals surface area contributed by atoms with Crippen molar-refractivity contribution in [2.75, 3.05) is 0 Å². The molecule has 19 heavy (non-hydrogen) atoms. The normalized spacial score (nSPS) is 18.0. The van der Waals surface area contributed by atoms with Crippen LogP contribution in [0, 0.1) is 5.92 Å². The number of carboxylic acids is 1. The number of imidazole rings is 1. The molecule has 0 bridgehead atoms. The monoisotopic (exact) mass is 258 g/mol. The molecular weight excluding hydrogens is 244 g/mol. The molecule has 0 fully saturated rings. The van der Waals surface area contributed by atoms with Crippen molar-refractivity contribution >= 4 is 5.97 Å². The maximum Gasteiger partial charge on any atom is 0.308 e. The Bertz CT molecular complexity index is 616.